The molecule has 0 spiro atoms. The molecule has 0 aromatic rings. The second-order valence-corrected chi connectivity index (χ2v) is 8.46. The first-order chi connectivity index (χ1) is 9.90. The van der Waals surface area contributed by atoms with Crippen LogP contribution >= 0.6 is 0 Å². The summed E-state index contributed by atoms with van der Waals surface area (Å²) in [5, 5.41) is 4.06. The normalized spacial score (nSPS) is 33.9. The first kappa shape index (κ1) is 17.3. The van der Waals surface area contributed by atoms with Gasteiger partial charge in [-0.05, 0) is 49.9 Å². The lowest BCUT2D eigenvalue weighted by Gasteiger charge is -2.46. The van der Waals surface area contributed by atoms with Gasteiger partial charge in [0.25, 0.3) is 0 Å². The highest BCUT2D eigenvalue weighted by Gasteiger charge is 2.39. The van der Waals surface area contributed by atoms with Crippen molar-refractivity contribution in [3.63, 3.8) is 0 Å². The van der Waals surface area contributed by atoms with Gasteiger partial charge >= 0.3 is 0 Å². The summed E-state index contributed by atoms with van der Waals surface area (Å²) in [5.74, 6) is 0.826. The molecule has 0 bridgehead atoms. The number of hydrogen-bond donors (Lipinski definition) is 1. The van der Waals surface area contributed by atoms with Crippen molar-refractivity contribution in [2.75, 3.05) is 6.61 Å². The highest BCUT2D eigenvalue weighted by Crippen LogP contribution is 2.39. The zero-order chi connectivity index (χ0) is 15.5. The molecule has 1 saturated carbocycles. The monoisotopic (exact) mass is 295 g/mol. The molecule has 1 N–H and O–H groups in total. The minimum Gasteiger partial charge on any atom is -0.375 e. The van der Waals surface area contributed by atoms with Crippen LogP contribution in [0.25, 0.3) is 0 Å². The van der Waals surface area contributed by atoms with Crippen molar-refractivity contribution >= 4 is 0 Å². The third-order valence-electron chi connectivity index (χ3n) is 6.11. The summed E-state index contributed by atoms with van der Waals surface area (Å²) >= 11 is 0. The van der Waals surface area contributed by atoms with Crippen LogP contribution in [0.3, 0.4) is 0 Å². The fraction of sp³-hybridized carbons (Fsp3) is 1.00. The van der Waals surface area contributed by atoms with Gasteiger partial charge in [0.2, 0.25) is 0 Å². The third-order valence-corrected chi connectivity index (χ3v) is 6.11. The number of nitrogens with one attached hydrogen (secondary N) is 1. The molecule has 21 heavy (non-hydrogen) atoms. The van der Waals surface area contributed by atoms with Gasteiger partial charge in [-0.15, -0.1) is 0 Å². The van der Waals surface area contributed by atoms with Crippen molar-refractivity contribution in [3.8, 4) is 0 Å². The molecular formula is C19H37NO. The van der Waals surface area contributed by atoms with Gasteiger partial charge in [-0.1, -0.05) is 47.5 Å². The first-order valence-corrected chi connectivity index (χ1v) is 9.30. The third kappa shape index (κ3) is 4.22. The van der Waals surface area contributed by atoms with Gasteiger partial charge in [-0.25, -0.2) is 0 Å². The SMILES string of the molecule is CCC1(CC)CC(NC2CCCCC2C(C)(C)C)CCO1. The van der Waals surface area contributed by atoms with Gasteiger partial charge in [0.05, 0.1) is 5.60 Å². The van der Waals surface area contributed by atoms with E-state index in [0.717, 1.165) is 25.4 Å². The zero-order valence-electron chi connectivity index (χ0n) is 15.0. The lowest BCUT2D eigenvalue weighted by Crippen LogP contribution is -2.53. The zero-order valence-corrected chi connectivity index (χ0v) is 15.0. The minimum atomic E-state index is 0.141. The fourth-order valence-corrected chi connectivity index (χ4v) is 4.58. The molecule has 3 unspecified atom stereocenters. The first-order valence-electron chi connectivity index (χ1n) is 9.30. The van der Waals surface area contributed by atoms with E-state index in [0.29, 0.717) is 17.5 Å². The maximum absolute atomic E-state index is 6.14. The van der Waals surface area contributed by atoms with E-state index >= 15 is 0 Å². The van der Waals surface area contributed by atoms with E-state index in [-0.39, 0.29) is 5.60 Å². The van der Waals surface area contributed by atoms with Crippen molar-refractivity contribution in [2.24, 2.45) is 11.3 Å². The maximum Gasteiger partial charge on any atom is 0.0692 e. The molecule has 2 heteroatoms. The molecule has 0 radical (unpaired) electrons. The quantitative estimate of drug-likeness (QED) is 0.795. The lowest BCUT2D eigenvalue weighted by molar-refractivity contribution is -0.0959. The Hall–Kier alpha value is -0.0800. The van der Waals surface area contributed by atoms with Gasteiger partial charge in [-0.3, -0.25) is 0 Å². The largest absolute Gasteiger partial charge is 0.375 e. The van der Waals surface area contributed by atoms with Crippen molar-refractivity contribution in [1.82, 2.24) is 5.32 Å². The van der Waals surface area contributed by atoms with Gasteiger partial charge in [0.1, 0.15) is 0 Å². The highest BCUT2D eigenvalue weighted by atomic mass is 16.5. The average molecular weight is 296 g/mol. The Bertz CT molecular complexity index is 316. The summed E-state index contributed by atoms with van der Waals surface area (Å²) in [6.45, 7) is 12.8. The van der Waals surface area contributed by atoms with Crippen LogP contribution in [0.15, 0.2) is 0 Å². The average Bonchev–Trinajstić information content (AvgIpc) is 2.47. The van der Waals surface area contributed by atoms with Crippen molar-refractivity contribution in [1.29, 1.82) is 0 Å². The van der Waals surface area contributed by atoms with Crippen LogP contribution < -0.4 is 5.32 Å². The molecule has 0 aromatic carbocycles. The molecule has 1 aliphatic heterocycles. The van der Waals surface area contributed by atoms with E-state index in [1.165, 1.54) is 38.5 Å². The van der Waals surface area contributed by atoms with Gasteiger partial charge in [0.15, 0.2) is 0 Å². The number of ether oxygens (including phenoxy) is 1. The molecule has 2 fully saturated rings. The van der Waals surface area contributed by atoms with Crippen LogP contribution in [0, 0.1) is 11.3 Å². The van der Waals surface area contributed by atoms with E-state index in [1.54, 1.807) is 0 Å². The molecule has 124 valence electrons. The van der Waals surface area contributed by atoms with Crippen molar-refractivity contribution in [2.45, 2.75) is 104 Å². The molecule has 1 aliphatic carbocycles. The summed E-state index contributed by atoms with van der Waals surface area (Å²) in [4.78, 5) is 0. The van der Waals surface area contributed by atoms with Gasteiger partial charge in [-0.2, -0.15) is 0 Å². The molecule has 2 rings (SSSR count). The maximum atomic E-state index is 6.14. The number of hydrogen-bond acceptors (Lipinski definition) is 2. The Labute approximate surface area is 132 Å². The van der Waals surface area contributed by atoms with Gasteiger partial charge in [0, 0.05) is 18.7 Å². The Kier molecular flexibility index (Phi) is 5.76. The second kappa shape index (κ2) is 7.00. The van der Waals surface area contributed by atoms with Crippen LogP contribution in [0.5, 0.6) is 0 Å². The van der Waals surface area contributed by atoms with E-state index in [2.05, 4.69) is 39.9 Å². The van der Waals surface area contributed by atoms with Crippen molar-refractivity contribution < 1.29 is 4.74 Å². The Morgan fingerprint density at radius 1 is 1.05 bits per heavy atom. The molecular weight excluding hydrogens is 258 g/mol. The van der Waals surface area contributed by atoms with Crippen molar-refractivity contribution in [3.05, 3.63) is 0 Å². The summed E-state index contributed by atoms with van der Waals surface area (Å²) in [7, 11) is 0. The Balaban J connectivity index is 1.99. The Morgan fingerprint density at radius 2 is 1.71 bits per heavy atom. The predicted molar refractivity (Wildman–Crippen MR) is 90.6 cm³/mol. The topological polar surface area (TPSA) is 21.3 Å². The second-order valence-electron chi connectivity index (χ2n) is 8.46. The molecule has 3 atom stereocenters. The van der Waals surface area contributed by atoms with E-state index < -0.39 is 0 Å². The van der Waals surface area contributed by atoms with Crippen LogP contribution in [0.4, 0.5) is 0 Å². The molecule has 1 saturated heterocycles. The molecule has 0 amide bonds. The molecule has 2 aliphatic rings. The van der Waals surface area contributed by atoms with Gasteiger partial charge < -0.3 is 10.1 Å². The lowest BCUT2D eigenvalue weighted by atomic mass is 9.69. The number of rotatable bonds is 4. The molecule has 2 nitrogen and oxygen atoms in total. The van der Waals surface area contributed by atoms with E-state index in [4.69, 9.17) is 4.74 Å². The summed E-state index contributed by atoms with van der Waals surface area (Å²) in [6, 6.07) is 1.37. The summed E-state index contributed by atoms with van der Waals surface area (Å²) < 4.78 is 6.14. The van der Waals surface area contributed by atoms with Crippen LogP contribution in [0.1, 0.15) is 86.0 Å². The highest BCUT2D eigenvalue weighted by molar-refractivity contribution is 4.94. The minimum absolute atomic E-state index is 0.141. The predicted octanol–water partition coefficient (Wildman–Crippen LogP) is 4.92. The fourth-order valence-electron chi connectivity index (χ4n) is 4.58. The summed E-state index contributed by atoms with van der Waals surface area (Å²) in [5.41, 5.74) is 0.567. The molecule has 0 aromatic heterocycles. The van der Waals surface area contributed by atoms with Crippen LogP contribution in [0.2, 0.25) is 0 Å². The van der Waals surface area contributed by atoms with E-state index in [1.807, 2.05) is 0 Å². The van der Waals surface area contributed by atoms with E-state index in [9.17, 15) is 0 Å². The Morgan fingerprint density at radius 3 is 2.33 bits per heavy atom. The summed E-state index contributed by atoms with van der Waals surface area (Å²) in [6.07, 6.45) is 10.3. The van der Waals surface area contributed by atoms with Crippen LogP contribution in [-0.2, 0) is 4.74 Å². The molecule has 1 heterocycles. The van der Waals surface area contributed by atoms with Crippen LogP contribution in [-0.4, -0.2) is 24.3 Å². The smallest absolute Gasteiger partial charge is 0.0692 e. The standard InChI is InChI=1S/C19H37NO/c1-6-19(7-2)14-15(12-13-21-19)20-17-11-9-8-10-16(17)18(3,4)5/h15-17,20H,6-14H2,1-5H3.